The lowest BCUT2D eigenvalue weighted by molar-refractivity contribution is -0.950. The SMILES string of the molecule is C[N@+]1(CC2CC2O)CC[C@]23c4c5c(O)cc(O)c4O[C@H]2C(=O)CC[C@@]3(O)[C@H]1C5.[CH3-]. The van der Waals surface area contributed by atoms with Crippen molar-refractivity contribution in [3.63, 3.8) is 0 Å². The molecular weight excluding hydrogens is 374 g/mol. The number of phenolic OH excluding ortho intramolecular Hbond substituents is 2. The van der Waals surface area contributed by atoms with Crippen LogP contribution in [0.1, 0.15) is 36.8 Å². The van der Waals surface area contributed by atoms with Crippen molar-refractivity contribution in [1.82, 2.24) is 0 Å². The third-order valence-corrected chi connectivity index (χ3v) is 8.55. The summed E-state index contributed by atoms with van der Waals surface area (Å²) >= 11 is 0. The molecule has 6 rings (SSSR count). The number of hydrogen-bond donors (Lipinski definition) is 4. The standard InChI is InChI=1S/C21H25NO6.CH3/c1-22(9-10-6-13(10)24)5-4-20-17-11-7-16(22)21(20,27)3-2-12(23)19(20)28-18(17)15(26)8-14(11)25;/h8,10,13,16,19,24,27H,2-7,9H2,1H3,(H-,25,26);1H3/q;-1/p+1/t10?,13?,16-,19+,20+,21-,22-;/m1./s1. The van der Waals surface area contributed by atoms with Gasteiger partial charge in [0.25, 0.3) is 0 Å². The Kier molecular flexibility index (Phi) is 3.60. The van der Waals surface area contributed by atoms with E-state index in [1.54, 1.807) is 0 Å². The van der Waals surface area contributed by atoms with E-state index in [0.29, 0.717) is 34.9 Å². The van der Waals surface area contributed by atoms with Gasteiger partial charge in [0.05, 0.1) is 31.7 Å². The number of carbonyl (C=O) groups excluding carboxylic acids is 1. The van der Waals surface area contributed by atoms with Crippen molar-refractivity contribution in [3.05, 3.63) is 24.6 Å². The van der Waals surface area contributed by atoms with E-state index in [-0.39, 0.29) is 54.9 Å². The van der Waals surface area contributed by atoms with Crippen LogP contribution < -0.4 is 4.74 Å². The molecular formula is C22H29NO6. The zero-order valence-corrected chi connectivity index (χ0v) is 16.9. The monoisotopic (exact) mass is 403 g/mol. The van der Waals surface area contributed by atoms with Crippen molar-refractivity contribution in [3.8, 4) is 17.2 Å². The van der Waals surface area contributed by atoms with Gasteiger partial charge in [0.1, 0.15) is 17.4 Å². The summed E-state index contributed by atoms with van der Waals surface area (Å²) in [5, 5.41) is 43.1. The third kappa shape index (κ3) is 2.01. The minimum absolute atomic E-state index is 0. The van der Waals surface area contributed by atoms with Crippen molar-refractivity contribution in [1.29, 1.82) is 0 Å². The second-order valence-corrected chi connectivity index (χ2v) is 9.88. The van der Waals surface area contributed by atoms with Gasteiger partial charge in [-0.05, 0) is 12.8 Å². The van der Waals surface area contributed by atoms with Gasteiger partial charge in [-0.15, -0.1) is 0 Å². The van der Waals surface area contributed by atoms with Crippen LogP contribution in [0.2, 0.25) is 0 Å². The van der Waals surface area contributed by atoms with E-state index in [4.69, 9.17) is 4.74 Å². The Morgan fingerprint density at radius 3 is 2.69 bits per heavy atom. The van der Waals surface area contributed by atoms with Crippen LogP contribution in [0, 0.1) is 13.3 Å². The zero-order valence-electron chi connectivity index (χ0n) is 16.9. The molecule has 29 heavy (non-hydrogen) atoms. The summed E-state index contributed by atoms with van der Waals surface area (Å²) in [4.78, 5) is 12.8. The van der Waals surface area contributed by atoms with Crippen LogP contribution in [0.25, 0.3) is 0 Å². The number of ketones is 1. The first-order chi connectivity index (χ1) is 13.2. The molecule has 1 aromatic carbocycles. The summed E-state index contributed by atoms with van der Waals surface area (Å²) in [7, 11) is 2.13. The summed E-state index contributed by atoms with van der Waals surface area (Å²) in [6, 6.07) is 1.10. The molecule has 0 aromatic heterocycles. The predicted octanol–water partition coefficient (Wildman–Crippen LogP) is 0.797. The van der Waals surface area contributed by atoms with Crippen LogP contribution in [-0.2, 0) is 16.6 Å². The summed E-state index contributed by atoms with van der Waals surface area (Å²) in [5.41, 5.74) is -0.706. The Bertz CT molecular complexity index is 932. The Morgan fingerprint density at radius 1 is 1.28 bits per heavy atom. The lowest BCUT2D eigenvalue weighted by Crippen LogP contribution is -2.80. The molecule has 0 amide bonds. The molecule has 0 radical (unpaired) electrons. The number of phenols is 2. The number of aliphatic hydroxyl groups excluding tert-OH is 1. The van der Waals surface area contributed by atoms with Gasteiger partial charge in [-0.2, -0.15) is 0 Å². The van der Waals surface area contributed by atoms with Gasteiger partial charge in [-0.3, -0.25) is 4.79 Å². The highest BCUT2D eigenvalue weighted by molar-refractivity contribution is 5.90. The molecule has 2 bridgehead atoms. The second kappa shape index (κ2) is 5.45. The number of carbonyl (C=O) groups is 1. The van der Waals surface area contributed by atoms with Gasteiger partial charge < -0.3 is 37.1 Å². The minimum Gasteiger partial charge on any atom is -0.508 e. The van der Waals surface area contributed by atoms with E-state index in [0.717, 1.165) is 19.5 Å². The van der Waals surface area contributed by atoms with E-state index in [1.165, 1.54) is 6.07 Å². The summed E-state index contributed by atoms with van der Waals surface area (Å²) in [6.07, 6.45) is 1.37. The maximum absolute atomic E-state index is 12.8. The lowest BCUT2D eigenvalue weighted by atomic mass is 9.48. The number of piperidine rings is 1. The number of likely N-dealkylation sites (tertiary alicyclic amines) is 1. The lowest BCUT2D eigenvalue weighted by Gasteiger charge is -2.64. The smallest absolute Gasteiger partial charge is 0.174 e. The number of ether oxygens (including phenoxy) is 1. The number of rotatable bonds is 2. The van der Waals surface area contributed by atoms with E-state index < -0.39 is 17.1 Å². The fourth-order valence-corrected chi connectivity index (χ4v) is 7.08. The average Bonchev–Trinajstić information content (AvgIpc) is 3.18. The number of hydrogen-bond acceptors (Lipinski definition) is 6. The predicted molar refractivity (Wildman–Crippen MR) is 104 cm³/mol. The van der Waals surface area contributed by atoms with E-state index in [1.807, 2.05) is 0 Å². The Morgan fingerprint density at radius 2 is 2.00 bits per heavy atom. The molecule has 3 aliphatic carbocycles. The van der Waals surface area contributed by atoms with Crippen LogP contribution in [0.3, 0.4) is 0 Å². The van der Waals surface area contributed by atoms with Crippen molar-refractivity contribution in [2.75, 3.05) is 20.1 Å². The van der Waals surface area contributed by atoms with E-state index >= 15 is 0 Å². The van der Waals surface area contributed by atoms with Crippen LogP contribution in [0.5, 0.6) is 17.2 Å². The maximum Gasteiger partial charge on any atom is 0.174 e. The van der Waals surface area contributed by atoms with E-state index in [2.05, 4.69) is 7.05 Å². The van der Waals surface area contributed by atoms with Gasteiger partial charge in [0.15, 0.2) is 23.4 Å². The van der Waals surface area contributed by atoms with Crippen LogP contribution in [0.15, 0.2) is 6.07 Å². The van der Waals surface area contributed by atoms with Crippen molar-refractivity contribution in [2.45, 2.75) is 61.4 Å². The molecule has 7 heteroatoms. The Hall–Kier alpha value is -1.83. The quantitative estimate of drug-likeness (QED) is 0.430. The van der Waals surface area contributed by atoms with Gasteiger partial charge in [-0.1, -0.05) is 0 Å². The number of Topliss-reactive ketones (excluding diaryl/α,β-unsaturated/α-hetero) is 1. The molecule has 2 heterocycles. The molecule has 2 aliphatic heterocycles. The van der Waals surface area contributed by atoms with Crippen LogP contribution in [-0.4, -0.2) is 74.7 Å². The van der Waals surface area contributed by atoms with E-state index in [9.17, 15) is 25.2 Å². The highest BCUT2D eigenvalue weighted by Crippen LogP contribution is 2.67. The average molecular weight is 403 g/mol. The summed E-state index contributed by atoms with van der Waals surface area (Å²) in [5.74, 6) is 0.301. The topological polar surface area (TPSA) is 107 Å². The minimum atomic E-state index is -1.14. The highest BCUT2D eigenvalue weighted by atomic mass is 16.5. The molecule has 2 unspecified atom stereocenters. The molecule has 4 N–H and O–H groups in total. The van der Waals surface area contributed by atoms with Gasteiger partial charge in [0, 0.05) is 42.4 Å². The Balaban J connectivity index is 0.00000181. The Labute approximate surface area is 170 Å². The fourth-order valence-electron chi connectivity index (χ4n) is 7.08. The molecule has 7 nitrogen and oxygen atoms in total. The largest absolute Gasteiger partial charge is 0.508 e. The second-order valence-electron chi connectivity index (χ2n) is 9.88. The van der Waals surface area contributed by atoms with Gasteiger partial charge >= 0.3 is 0 Å². The summed E-state index contributed by atoms with van der Waals surface area (Å²) in [6.45, 7) is 1.55. The number of aromatic hydroxyl groups is 2. The number of quaternary nitrogens is 1. The zero-order chi connectivity index (χ0) is 19.6. The number of aliphatic hydroxyl groups is 2. The first-order valence-electron chi connectivity index (χ1n) is 10.2. The number of benzene rings is 1. The number of likely N-dealkylation sites (N-methyl/N-ethyl adjacent to an activating group) is 1. The molecule has 3 fully saturated rings. The summed E-state index contributed by atoms with van der Waals surface area (Å²) < 4.78 is 6.62. The van der Waals surface area contributed by atoms with Gasteiger partial charge in [0.2, 0.25) is 0 Å². The molecule has 7 atom stereocenters. The molecule has 2 saturated carbocycles. The molecule has 158 valence electrons. The molecule has 1 aromatic rings. The maximum atomic E-state index is 12.8. The fraction of sp³-hybridized carbons (Fsp3) is 0.636. The van der Waals surface area contributed by atoms with Crippen LogP contribution in [0.4, 0.5) is 0 Å². The van der Waals surface area contributed by atoms with Crippen LogP contribution >= 0.6 is 0 Å². The number of nitrogens with zero attached hydrogens (tertiary/aromatic N) is 1. The van der Waals surface area contributed by atoms with Gasteiger partial charge in [-0.25, -0.2) is 0 Å². The highest BCUT2D eigenvalue weighted by Gasteiger charge is 2.77. The molecule has 5 aliphatic rings. The third-order valence-electron chi connectivity index (χ3n) is 8.55. The first kappa shape index (κ1) is 19.2. The normalized spacial score (nSPS) is 45.8. The van der Waals surface area contributed by atoms with Crippen molar-refractivity contribution < 1.29 is 34.4 Å². The first-order valence-corrected chi connectivity index (χ1v) is 10.2. The van der Waals surface area contributed by atoms with Crippen molar-refractivity contribution >= 4 is 5.78 Å². The van der Waals surface area contributed by atoms with Crippen molar-refractivity contribution in [2.24, 2.45) is 5.92 Å². The molecule has 1 spiro atoms. The molecule has 1 saturated heterocycles.